The molecule has 6 heteroatoms. The zero-order chi connectivity index (χ0) is 19.7. The lowest BCUT2D eigenvalue weighted by molar-refractivity contribution is -0.134. The Morgan fingerprint density at radius 1 is 1.04 bits per heavy atom. The second-order valence-electron chi connectivity index (χ2n) is 7.76. The number of aryl methyl sites for hydroxylation is 2. The summed E-state index contributed by atoms with van der Waals surface area (Å²) >= 11 is 0. The smallest absolute Gasteiger partial charge is 0.228 e. The van der Waals surface area contributed by atoms with Gasteiger partial charge in [0.05, 0.1) is 11.8 Å². The molecule has 2 heterocycles. The van der Waals surface area contributed by atoms with Gasteiger partial charge in [-0.25, -0.2) is 4.98 Å². The van der Waals surface area contributed by atoms with Crippen LogP contribution in [-0.4, -0.2) is 47.9 Å². The van der Waals surface area contributed by atoms with Crippen molar-refractivity contribution in [3.8, 4) is 0 Å². The Bertz CT molecular complexity index is 875. The Morgan fingerprint density at radius 3 is 2.54 bits per heavy atom. The minimum Gasteiger partial charge on any atom is -0.353 e. The van der Waals surface area contributed by atoms with Crippen LogP contribution in [0.15, 0.2) is 42.6 Å². The van der Waals surface area contributed by atoms with Crippen molar-refractivity contribution in [2.75, 3.05) is 36.4 Å². The van der Waals surface area contributed by atoms with Crippen molar-refractivity contribution < 1.29 is 9.59 Å². The number of piperazine rings is 1. The number of rotatable bonds is 4. The topological polar surface area (TPSA) is 65.5 Å². The van der Waals surface area contributed by atoms with Gasteiger partial charge in [-0.15, -0.1) is 0 Å². The van der Waals surface area contributed by atoms with E-state index in [4.69, 9.17) is 0 Å². The first kappa shape index (κ1) is 18.5. The summed E-state index contributed by atoms with van der Waals surface area (Å²) in [7, 11) is 0. The van der Waals surface area contributed by atoms with Crippen LogP contribution in [0.1, 0.15) is 17.5 Å². The summed E-state index contributed by atoms with van der Waals surface area (Å²) in [6.07, 6.45) is 2.44. The summed E-state index contributed by atoms with van der Waals surface area (Å²) in [5.41, 5.74) is 2.98. The zero-order valence-electron chi connectivity index (χ0n) is 16.4. The normalized spacial score (nSPS) is 21.4. The van der Waals surface area contributed by atoms with Gasteiger partial charge in [0.2, 0.25) is 11.8 Å². The predicted molar refractivity (Wildman–Crippen MR) is 109 cm³/mol. The molecule has 2 fully saturated rings. The van der Waals surface area contributed by atoms with E-state index < -0.39 is 0 Å². The Balaban J connectivity index is 1.30. The van der Waals surface area contributed by atoms with Crippen molar-refractivity contribution in [1.29, 1.82) is 0 Å². The molecule has 1 aliphatic carbocycles. The van der Waals surface area contributed by atoms with Crippen molar-refractivity contribution in [3.05, 3.63) is 53.7 Å². The molecule has 2 amide bonds. The third kappa shape index (κ3) is 3.86. The predicted octanol–water partition coefficient (Wildman–Crippen LogP) is 2.62. The van der Waals surface area contributed by atoms with Gasteiger partial charge in [0, 0.05) is 38.1 Å². The number of carbonyl (C=O) groups excluding carboxylic acids is 2. The van der Waals surface area contributed by atoms with Crippen LogP contribution >= 0.6 is 0 Å². The SMILES string of the molecule is Cc1ccc(C)c(NC(=O)C2CC2C(=O)N2CCN(c3ccccn3)CC2)c1. The number of carbonyl (C=O) groups is 2. The number of nitrogens with zero attached hydrogens (tertiary/aromatic N) is 3. The Kier molecular flexibility index (Phi) is 5.03. The number of anilines is 2. The Labute approximate surface area is 165 Å². The molecule has 1 aromatic carbocycles. The average molecular weight is 378 g/mol. The molecule has 0 spiro atoms. The molecule has 1 saturated carbocycles. The van der Waals surface area contributed by atoms with Crippen LogP contribution in [0.5, 0.6) is 0 Å². The molecule has 2 atom stereocenters. The van der Waals surface area contributed by atoms with Gasteiger partial charge in [0.15, 0.2) is 0 Å². The van der Waals surface area contributed by atoms with Gasteiger partial charge >= 0.3 is 0 Å². The lowest BCUT2D eigenvalue weighted by Gasteiger charge is -2.35. The largest absolute Gasteiger partial charge is 0.353 e. The average Bonchev–Trinajstić information content (AvgIpc) is 3.52. The number of amides is 2. The quantitative estimate of drug-likeness (QED) is 0.888. The van der Waals surface area contributed by atoms with Crippen LogP contribution in [0.2, 0.25) is 0 Å². The van der Waals surface area contributed by atoms with Crippen LogP contribution in [0.4, 0.5) is 11.5 Å². The molecule has 1 saturated heterocycles. The minimum atomic E-state index is -0.207. The van der Waals surface area contributed by atoms with Gasteiger partial charge < -0.3 is 15.1 Å². The highest BCUT2D eigenvalue weighted by Gasteiger charge is 2.49. The van der Waals surface area contributed by atoms with E-state index in [9.17, 15) is 9.59 Å². The summed E-state index contributed by atoms with van der Waals surface area (Å²) in [5.74, 6) is 0.639. The van der Waals surface area contributed by atoms with Crippen molar-refractivity contribution in [2.24, 2.45) is 11.8 Å². The molecule has 1 aromatic heterocycles. The van der Waals surface area contributed by atoms with E-state index in [1.165, 1.54) is 0 Å². The van der Waals surface area contributed by atoms with E-state index in [1.54, 1.807) is 6.20 Å². The summed E-state index contributed by atoms with van der Waals surface area (Å²) in [6, 6.07) is 11.9. The molecule has 2 unspecified atom stereocenters. The third-order valence-corrected chi connectivity index (χ3v) is 5.66. The third-order valence-electron chi connectivity index (χ3n) is 5.66. The monoisotopic (exact) mass is 378 g/mol. The van der Waals surface area contributed by atoms with E-state index >= 15 is 0 Å². The fraction of sp³-hybridized carbons (Fsp3) is 0.409. The molecule has 2 aliphatic rings. The van der Waals surface area contributed by atoms with E-state index in [0.29, 0.717) is 19.5 Å². The van der Waals surface area contributed by atoms with Crippen molar-refractivity contribution in [3.63, 3.8) is 0 Å². The zero-order valence-corrected chi connectivity index (χ0v) is 16.4. The fourth-order valence-electron chi connectivity index (χ4n) is 3.78. The maximum Gasteiger partial charge on any atom is 0.228 e. The van der Waals surface area contributed by atoms with Gasteiger partial charge in [0.25, 0.3) is 0 Å². The molecule has 28 heavy (non-hydrogen) atoms. The second kappa shape index (κ2) is 7.62. The van der Waals surface area contributed by atoms with E-state index in [0.717, 1.165) is 35.7 Å². The van der Waals surface area contributed by atoms with Crippen LogP contribution < -0.4 is 10.2 Å². The van der Waals surface area contributed by atoms with Crippen molar-refractivity contribution in [1.82, 2.24) is 9.88 Å². The van der Waals surface area contributed by atoms with E-state index in [1.807, 2.05) is 55.1 Å². The summed E-state index contributed by atoms with van der Waals surface area (Å²) in [6.45, 7) is 6.88. The lowest BCUT2D eigenvalue weighted by atomic mass is 10.1. The lowest BCUT2D eigenvalue weighted by Crippen LogP contribution is -2.49. The standard InChI is InChI=1S/C22H26N4O2/c1-15-6-7-16(2)19(13-15)24-21(27)17-14-18(17)22(28)26-11-9-25(10-12-26)20-5-3-4-8-23-20/h3-8,13,17-18H,9-12,14H2,1-2H3,(H,24,27). The van der Waals surface area contributed by atoms with Crippen LogP contribution in [0, 0.1) is 25.7 Å². The summed E-state index contributed by atoms with van der Waals surface area (Å²) in [4.78, 5) is 33.8. The molecule has 1 N–H and O–H groups in total. The number of hydrogen-bond acceptors (Lipinski definition) is 4. The highest BCUT2D eigenvalue weighted by atomic mass is 16.2. The highest BCUT2D eigenvalue weighted by Crippen LogP contribution is 2.41. The van der Waals surface area contributed by atoms with Gasteiger partial charge in [-0.2, -0.15) is 0 Å². The summed E-state index contributed by atoms with van der Waals surface area (Å²) in [5, 5.41) is 3.00. The van der Waals surface area contributed by atoms with Crippen molar-refractivity contribution >= 4 is 23.3 Å². The van der Waals surface area contributed by atoms with Gasteiger partial charge in [-0.05, 0) is 49.6 Å². The van der Waals surface area contributed by atoms with E-state index in [2.05, 4.69) is 15.2 Å². The molecular formula is C22H26N4O2. The van der Waals surface area contributed by atoms with Crippen molar-refractivity contribution in [2.45, 2.75) is 20.3 Å². The van der Waals surface area contributed by atoms with Gasteiger partial charge in [-0.3, -0.25) is 9.59 Å². The molecule has 6 nitrogen and oxygen atoms in total. The van der Waals surface area contributed by atoms with Crippen LogP contribution in [0.25, 0.3) is 0 Å². The highest BCUT2D eigenvalue weighted by molar-refractivity contribution is 6.00. The molecule has 146 valence electrons. The van der Waals surface area contributed by atoms with Gasteiger partial charge in [-0.1, -0.05) is 18.2 Å². The molecule has 0 bridgehead atoms. The molecule has 4 rings (SSSR count). The summed E-state index contributed by atoms with van der Waals surface area (Å²) < 4.78 is 0. The Morgan fingerprint density at radius 2 is 1.82 bits per heavy atom. The van der Waals surface area contributed by atoms with Crippen LogP contribution in [0.3, 0.4) is 0 Å². The number of aromatic nitrogens is 1. The number of nitrogens with one attached hydrogen (secondary N) is 1. The Hall–Kier alpha value is -2.89. The second-order valence-corrected chi connectivity index (χ2v) is 7.76. The van der Waals surface area contributed by atoms with Gasteiger partial charge in [0.1, 0.15) is 5.82 Å². The molecule has 2 aromatic rings. The first-order valence-corrected chi connectivity index (χ1v) is 9.86. The molecule has 0 radical (unpaired) electrons. The maximum atomic E-state index is 12.8. The minimum absolute atomic E-state index is 0.0424. The fourth-order valence-corrected chi connectivity index (χ4v) is 3.78. The number of pyridine rings is 1. The van der Waals surface area contributed by atoms with E-state index in [-0.39, 0.29) is 23.7 Å². The molecule has 1 aliphatic heterocycles. The number of hydrogen-bond donors (Lipinski definition) is 1. The maximum absolute atomic E-state index is 12.8. The first-order valence-electron chi connectivity index (χ1n) is 9.86. The first-order chi connectivity index (χ1) is 13.5. The number of benzene rings is 1. The molecular weight excluding hydrogens is 352 g/mol. The van der Waals surface area contributed by atoms with Crippen LogP contribution in [-0.2, 0) is 9.59 Å².